The van der Waals surface area contributed by atoms with Crippen molar-refractivity contribution in [2.45, 2.75) is 12.8 Å². The van der Waals surface area contributed by atoms with E-state index in [4.69, 9.17) is 5.21 Å². The highest BCUT2D eigenvalue weighted by Crippen LogP contribution is 2.13. The summed E-state index contributed by atoms with van der Waals surface area (Å²) >= 11 is 1.54. The van der Waals surface area contributed by atoms with Crippen molar-refractivity contribution in [3.05, 3.63) is 46.2 Å². The quantitative estimate of drug-likeness (QED) is 0.500. The van der Waals surface area contributed by atoms with Gasteiger partial charge in [-0.25, -0.2) is 4.98 Å². The molecule has 82 valence electrons. The molecule has 0 spiro atoms. The van der Waals surface area contributed by atoms with Gasteiger partial charge in [0.1, 0.15) is 0 Å². The van der Waals surface area contributed by atoms with Crippen molar-refractivity contribution >= 4 is 17.6 Å². The molecule has 0 aliphatic heterocycles. The first kappa shape index (κ1) is 10.8. The Labute approximate surface area is 97.3 Å². The molecule has 0 bridgehead atoms. The number of thiazole rings is 1. The van der Waals surface area contributed by atoms with Gasteiger partial charge in [0.2, 0.25) is 0 Å². The Morgan fingerprint density at radius 3 is 3.06 bits per heavy atom. The zero-order valence-electron chi connectivity index (χ0n) is 8.58. The number of hydrogen-bond donors (Lipinski definition) is 1. The van der Waals surface area contributed by atoms with E-state index in [1.54, 1.807) is 12.4 Å². The lowest BCUT2D eigenvalue weighted by Crippen LogP contribution is -1.90. The Balaban J connectivity index is 1.94. The van der Waals surface area contributed by atoms with Crippen LogP contribution in [-0.4, -0.2) is 21.4 Å². The number of aromatic nitrogens is 2. The summed E-state index contributed by atoms with van der Waals surface area (Å²) in [6, 6.07) is 3.98. The molecule has 0 aromatic carbocycles. The Morgan fingerprint density at radius 1 is 1.38 bits per heavy atom. The summed E-state index contributed by atoms with van der Waals surface area (Å²) in [5.74, 6) is 0. The van der Waals surface area contributed by atoms with E-state index in [-0.39, 0.29) is 0 Å². The minimum atomic E-state index is 0.865. The summed E-state index contributed by atoms with van der Waals surface area (Å²) in [5.41, 5.74) is 1.20. The molecule has 2 heterocycles. The van der Waals surface area contributed by atoms with E-state index in [0.29, 0.717) is 0 Å². The number of rotatable bonds is 4. The molecular weight excluding hydrogens is 222 g/mol. The first-order chi connectivity index (χ1) is 7.88. The standard InChI is InChI=1S/C11H11N3OS/c15-14-8-10-7-13-11(16-10)4-3-9-2-1-5-12-6-9/h1-2,5-8,15H,3-4H2. The summed E-state index contributed by atoms with van der Waals surface area (Å²) in [6.45, 7) is 0. The van der Waals surface area contributed by atoms with Crippen LogP contribution < -0.4 is 0 Å². The second-order valence-electron chi connectivity index (χ2n) is 3.26. The average molecular weight is 233 g/mol. The normalized spacial score (nSPS) is 11.0. The molecule has 0 saturated heterocycles. The molecule has 4 nitrogen and oxygen atoms in total. The van der Waals surface area contributed by atoms with Crippen LogP contribution in [-0.2, 0) is 12.8 Å². The molecule has 1 N–H and O–H groups in total. The van der Waals surface area contributed by atoms with Gasteiger partial charge in [-0.2, -0.15) is 0 Å². The van der Waals surface area contributed by atoms with Crippen LogP contribution in [0.4, 0.5) is 0 Å². The molecule has 2 aromatic heterocycles. The Kier molecular flexibility index (Phi) is 3.61. The molecule has 16 heavy (non-hydrogen) atoms. The zero-order valence-corrected chi connectivity index (χ0v) is 9.39. The molecule has 2 aromatic rings. The van der Waals surface area contributed by atoms with Crippen LogP contribution in [0.15, 0.2) is 35.9 Å². The highest BCUT2D eigenvalue weighted by Gasteiger charge is 2.01. The lowest BCUT2D eigenvalue weighted by atomic mass is 10.2. The molecule has 0 aliphatic rings. The fourth-order valence-electron chi connectivity index (χ4n) is 1.35. The van der Waals surface area contributed by atoms with Crippen molar-refractivity contribution in [1.29, 1.82) is 0 Å². The summed E-state index contributed by atoms with van der Waals surface area (Å²) in [5, 5.41) is 12.4. The van der Waals surface area contributed by atoms with Gasteiger partial charge in [0.05, 0.1) is 16.1 Å². The number of pyridine rings is 1. The van der Waals surface area contributed by atoms with Crippen LogP contribution in [0.2, 0.25) is 0 Å². The predicted molar refractivity (Wildman–Crippen MR) is 63.1 cm³/mol. The van der Waals surface area contributed by atoms with E-state index in [1.807, 2.05) is 12.3 Å². The minimum Gasteiger partial charge on any atom is -0.411 e. The van der Waals surface area contributed by atoms with Gasteiger partial charge in [-0.1, -0.05) is 11.2 Å². The van der Waals surface area contributed by atoms with E-state index in [2.05, 4.69) is 21.2 Å². The smallest absolute Gasteiger partial charge is 0.0935 e. The molecule has 0 aliphatic carbocycles. The lowest BCUT2D eigenvalue weighted by Gasteiger charge is -1.96. The fourth-order valence-corrected chi connectivity index (χ4v) is 2.14. The molecule has 0 atom stereocenters. The van der Waals surface area contributed by atoms with E-state index in [9.17, 15) is 0 Å². The number of hydrogen-bond acceptors (Lipinski definition) is 5. The van der Waals surface area contributed by atoms with Gasteiger partial charge in [-0.15, -0.1) is 11.3 Å². The Hall–Kier alpha value is -1.75. The average Bonchev–Trinajstić information content (AvgIpc) is 2.76. The van der Waals surface area contributed by atoms with Crippen molar-refractivity contribution in [2.24, 2.45) is 5.16 Å². The molecule has 0 radical (unpaired) electrons. The highest BCUT2D eigenvalue weighted by molar-refractivity contribution is 7.13. The van der Waals surface area contributed by atoms with Gasteiger partial charge >= 0.3 is 0 Å². The lowest BCUT2D eigenvalue weighted by molar-refractivity contribution is 0.322. The third kappa shape index (κ3) is 2.87. The van der Waals surface area contributed by atoms with Gasteiger partial charge in [0.15, 0.2) is 0 Å². The second-order valence-corrected chi connectivity index (χ2v) is 4.41. The number of oxime groups is 1. The van der Waals surface area contributed by atoms with E-state index in [0.717, 1.165) is 22.7 Å². The van der Waals surface area contributed by atoms with E-state index >= 15 is 0 Å². The van der Waals surface area contributed by atoms with Gasteiger partial charge in [0.25, 0.3) is 0 Å². The third-order valence-corrected chi connectivity index (χ3v) is 3.10. The largest absolute Gasteiger partial charge is 0.411 e. The third-order valence-electron chi connectivity index (χ3n) is 2.11. The molecule has 0 unspecified atom stereocenters. The molecule has 0 fully saturated rings. The molecular formula is C11H11N3OS. The van der Waals surface area contributed by atoms with Crippen molar-refractivity contribution in [3.8, 4) is 0 Å². The number of nitrogens with zero attached hydrogens (tertiary/aromatic N) is 3. The fraction of sp³-hybridized carbons (Fsp3) is 0.182. The first-order valence-electron chi connectivity index (χ1n) is 4.89. The van der Waals surface area contributed by atoms with E-state index < -0.39 is 0 Å². The first-order valence-corrected chi connectivity index (χ1v) is 5.71. The molecule has 2 rings (SSSR count). The second kappa shape index (κ2) is 5.37. The molecule has 0 amide bonds. The maximum atomic E-state index is 8.38. The van der Waals surface area contributed by atoms with Crippen LogP contribution in [0, 0.1) is 0 Å². The summed E-state index contributed by atoms with van der Waals surface area (Å²) in [6.07, 6.45) is 8.55. The minimum absolute atomic E-state index is 0.865. The van der Waals surface area contributed by atoms with Crippen molar-refractivity contribution in [1.82, 2.24) is 9.97 Å². The van der Waals surface area contributed by atoms with Crippen LogP contribution >= 0.6 is 11.3 Å². The van der Waals surface area contributed by atoms with Gasteiger partial charge in [-0.05, 0) is 18.1 Å². The van der Waals surface area contributed by atoms with Crippen molar-refractivity contribution < 1.29 is 5.21 Å². The Bertz CT molecular complexity index is 467. The number of aryl methyl sites for hydroxylation is 2. The Morgan fingerprint density at radius 2 is 2.31 bits per heavy atom. The monoisotopic (exact) mass is 233 g/mol. The maximum Gasteiger partial charge on any atom is 0.0935 e. The van der Waals surface area contributed by atoms with Gasteiger partial charge in [-0.3, -0.25) is 4.98 Å². The zero-order chi connectivity index (χ0) is 11.2. The van der Waals surface area contributed by atoms with Crippen molar-refractivity contribution in [2.75, 3.05) is 0 Å². The SMILES string of the molecule is ON=Cc1cnc(CCc2cccnc2)s1. The van der Waals surface area contributed by atoms with Crippen LogP contribution in [0.3, 0.4) is 0 Å². The van der Waals surface area contributed by atoms with Crippen LogP contribution in [0.25, 0.3) is 0 Å². The predicted octanol–water partition coefficient (Wildman–Crippen LogP) is 2.13. The van der Waals surface area contributed by atoms with Gasteiger partial charge in [0, 0.05) is 25.0 Å². The topological polar surface area (TPSA) is 58.4 Å². The van der Waals surface area contributed by atoms with Crippen LogP contribution in [0.1, 0.15) is 15.4 Å². The summed E-state index contributed by atoms with van der Waals surface area (Å²) in [4.78, 5) is 9.17. The summed E-state index contributed by atoms with van der Waals surface area (Å²) in [7, 11) is 0. The molecule has 0 saturated carbocycles. The van der Waals surface area contributed by atoms with Gasteiger partial charge < -0.3 is 5.21 Å². The highest BCUT2D eigenvalue weighted by atomic mass is 32.1. The molecule has 5 heteroatoms. The summed E-state index contributed by atoms with van der Waals surface area (Å²) < 4.78 is 0. The van der Waals surface area contributed by atoms with E-state index in [1.165, 1.54) is 23.1 Å². The van der Waals surface area contributed by atoms with Crippen molar-refractivity contribution in [3.63, 3.8) is 0 Å². The maximum absolute atomic E-state index is 8.38. The van der Waals surface area contributed by atoms with Crippen LogP contribution in [0.5, 0.6) is 0 Å².